The number of anilines is 1. The number of ether oxygens (including phenoxy) is 2. The Balaban J connectivity index is 2.00. The van der Waals surface area contributed by atoms with Gasteiger partial charge in [-0.15, -0.1) is 0 Å². The summed E-state index contributed by atoms with van der Waals surface area (Å²) in [6.07, 6.45) is 3.43. The van der Waals surface area contributed by atoms with E-state index in [9.17, 15) is 4.79 Å². The Morgan fingerprint density at radius 3 is 2.52 bits per heavy atom. The fraction of sp³-hybridized carbons (Fsp3) is 0.143. The third kappa shape index (κ3) is 4.38. The summed E-state index contributed by atoms with van der Waals surface area (Å²) in [5.74, 6) is 0.883. The van der Waals surface area contributed by atoms with Crippen LogP contribution in [0.15, 0.2) is 67.0 Å². The van der Waals surface area contributed by atoms with Crippen LogP contribution in [0.2, 0.25) is 5.02 Å². The van der Waals surface area contributed by atoms with Crippen molar-refractivity contribution in [3.63, 3.8) is 0 Å². The first-order chi connectivity index (χ1) is 13.1. The van der Waals surface area contributed by atoms with E-state index in [1.165, 1.54) is 7.11 Å². The van der Waals surface area contributed by atoms with Crippen LogP contribution in [0.1, 0.15) is 15.9 Å². The van der Waals surface area contributed by atoms with Crippen molar-refractivity contribution in [2.24, 2.45) is 0 Å². The van der Waals surface area contributed by atoms with Crippen molar-refractivity contribution in [2.75, 3.05) is 19.1 Å². The second kappa shape index (κ2) is 8.56. The number of carbonyl (C=O) groups excluding carboxylic acids is 1. The highest BCUT2D eigenvalue weighted by atomic mass is 35.5. The summed E-state index contributed by atoms with van der Waals surface area (Å²) < 4.78 is 10.6. The zero-order valence-electron chi connectivity index (χ0n) is 15.1. The summed E-state index contributed by atoms with van der Waals surface area (Å²) in [7, 11) is 3.09. The molecule has 3 rings (SSSR count). The molecule has 27 heavy (non-hydrogen) atoms. The van der Waals surface area contributed by atoms with Crippen LogP contribution in [0, 0.1) is 0 Å². The second-order valence-electron chi connectivity index (χ2n) is 5.80. The highest BCUT2D eigenvalue weighted by molar-refractivity contribution is 6.31. The van der Waals surface area contributed by atoms with Crippen LogP contribution in [0.25, 0.3) is 0 Å². The first kappa shape index (κ1) is 18.7. The lowest BCUT2D eigenvalue weighted by atomic mass is 10.1. The molecule has 5 nitrogen and oxygen atoms in total. The molecule has 0 unspecified atom stereocenters. The first-order valence-corrected chi connectivity index (χ1v) is 8.68. The molecule has 1 aromatic heterocycles. The molecule has 0 saturated heterocycles. The molecule has 0 N–H and O–H groups in total. The van der Waals surface area contributed by atoms with E-state index in [1.54, 1.807) is 54.7 Å². The highest BCUT2D eigenvalue weighted by Crippen LogP contribution is 2.30. The lowest BCUT2D eigenvalue weighted by Gasteiger charge is -2.23. The van der Waals surface area contributed by atoms with Crippen molar-refractivity contribution in [3.8, 4) is 11.5 Å². The monoisotopic (exact) mass is 382 g/mol. The predicted molar refractivity (Wildman–Crippen MR) is 106 cm³/mol. The molecule has 1 heterocycles. The number of rotatable bonds is 6. The van der Waals surface area contributed by atoms with Crippen LogP contribution in [-0.4, -0.2) is 25.1 Å². The summed E-state index contributed by atoms with van der Waals surface area (Å²) in [6.45, 7) is 0.362. The van der Waals surface area contributed by atoms with E-state index in [2.05, 4.69) is 4.98 Å². The minimum atomic E-state index is -0.179. The molecule has 0 aliphatic rings. The van der Waals surface area contributed by atoms with E-state index in [0.717, 1.165) is 5.56 Å². The normalized spacial score (nSPS) is 10.3. The third-order valence-electron chi connectivity index (χ3n) is 4.06. The van der Waals surface area contributed by atoms with Gasteiger partial charge in [0.25, 0.3) is 5.91 Å². The minimum absolute atomic E-state index is 0.179. The highest BCUT2D eigenvalue weighted by Gasteiger charge is 2.20. The van der Waals surface area contributed by atoms with Gasteiger partial charge >= 0.3 is 0 Å². The van der Waals surface area contributed by atoms with E-state index in [1.807, 2.05) is 24.3 Å². The summed E-state index contributed by atoms with van der Waals surface area (Å²) in [6, 6.07) is 16.1. The average molecular weight is 383 g/mol. The average Bonchev–Trinajstić information content (AvgIpc) is 2.71. The molecular formula is C21H19ClN2O3. The van der Waals surface area contributed by atoms with Gasteiger partial charge in [0, 0.05) is 28.7 Å². The predicted octanol–water partition coefficient (Wildman–Crippen LogP) is 4.60. The van der Waals surface area contributed by atoms with Crippen molar-refractivity contribution in [1.29, 1.82) is 0 Å². The summed E-state index contributed by atoms with van der Waals surface area (Å²) in [5.41, 5.74) is 2.09. The SMILES string of the molecule is COc1ccc(C(=O)N(Cc2cccnc2)c2cccc(Cl)c2)cc1OC. The number of amides is 1. The first-order valence-electron chi connectivity index (χ1n) is 8.30. The molecule has 1 amide bonds. The van der Waals surface area contributed by atoms with Crippen molar-refractivity contribution < 1.29 is 14.3 Å². The molecule has 0 spiro atoms. The number of halogens is 1. The van der Waals surface area contributed by atoms with Crippen molar-refractivity contribution in [1.82, 2.24) is 4.98 Å². The maximum atomic E-state index is 13.3. The number of carbonyl (C=O) groups is 1. The summed E-state index contributed by atoms with van der Waals surface area (Å²) >= 11 is 6.14. The Labute approximate surface area is 163 Å². The van der Waals surface area contributed by atoms with Gasteiger partial charge in [-0.1, -0.05) is 23.7 Å². The van der Waals surface area contributed by atoms with Gasteiger partial charge in [-0.2, -0.15) is 0 Å². The number of hydrogen-bond donors (Lipinski definition) is 0. The largest absolute Gasteiger partial charge is 0.493 e. The summed E-state index contributed by atoms with van der Waals surface area (Å²) in [5, 5.41) is 0.559. The van der Waals surface area contributed by atoms with Crippen LogP contribution < -0.4 is 14.4 Å². The Morgan fingerprint density at radius 2 is 1.85 bits per heavy atom. The van der Waals surface area contributed by atoms with Crippen molar-refractivity contribution in [2.45, 2.75) is 6.54 Å². The number of nitrogens with zero attached hydrogens (tertiary/aromatic N) is 2. The Hall–Kier alpha value is -3.05. The van der Waals surface area contributed by atoms with Crippen LogP contribution in [0.3, 0.4) is 0 Å². The van der Waals surface area contributed by atoms with Gasteiger partial charge in [0.15, 0.2) is 11.5 Å². The Kier molecular flexibility index (Phi) is 5.94. The van der Waals surface area contributed by atoms with Gasteiger partial charge in [0.05, 0.1) is 20.8 Å². The maximum absolute atomic E-state index is 13.3. The number of hydrogen-bond acceptors (Lipinski definition) is 4. The Morgan fingerprint density at radius 1 is 1.04 bits per heavy atom. The van der Waals surface area contributed by atoms with Gasteiger partial charge in [-0.25, -0.2) is 0 Å². The quantitative estimate of drug-likeness (QED) is 0.625. The molecule has 0 atom stereocenters. The second-order valence-corrected chi connectivity index (χ2v) is 6.24. The smallest absolute Gasteiger partial charge is 0.258 e. The molecule has 0 bridgehead atoms. The lowest BCUT2D eigenvalue weighted by Crippen LogP contribution is -2.30. The van der Waals surface area contributed by atoms with Gasteiger partial charge < -0.3 is 14.4 Å². The maximum Gasteiger partial charge on any atom is 0.258 e. The molecule has 2 aromatic carbocycles. The molecular weight excluding hydrogens is 364 g/mol. The Bertz CT molecular complexity index is 932. The topological polar surface area (TPSA) is 51.7 Å². The van der Waals surface area contributed by atoms with Crippen LogP contribution in [0.5, 0.6) is 11.5 Å². The van der Waals surface area contributed by atoms with E-state index in [4.69, 9.17) is 21.1 Å². The van der Waals surface area contributed by atoms with E-state index in [-0.39, 0.29) is 5.91 Å². The van der Waals surface area contributed by atoms with E-state index >= 15 is 0 Å². The van der Waals surface area contributed by atoms with Gasteiger partial charge in [0.2, 0.25) is 0 Å². The molecule has 138 valence electrons. The fourth-order valence-corrected chi connectivity index (χ4v) is 2.91. The zero-order chi connectivity index (χ0) is 19.2. The molecule has 0 radical (unpaired) electrons. The van der Waals surface area contributed by atoms with Gasteiger partial charge in [-0.3, -0.25) is 9.78 Å². The zero-order valence-corrected chi connectivity index (χ0v) is 15.8. The molecule has 3 aromatic rings. The molecule has 0 aliphatic heterocycles. The number of pyridine rings is 1. The van der Waals surface area contributed by atoms with Gasteiger partial charge in [0.1, 0.15) is 0 Å². The fourth-order valence-electron chi connectivity index (χ4n) is 2.72. The van der Waals surface area contributed by atoms with Crippen molar-refractivity contribution in [3.05, 3.63) is 83.1 Å². The van der Waals surface area contributed by atoms with Crippen LogP contribution in [0.4, 0.5) is 5.69 Å². The van der Waals surface area contributed by atoms with Crippen LogP contribution in [-0.2, 0) is 6.54 Å². The molecule has 0 aliphatic carbocycles. The summed E-state index contributed by atoms with van der Waals surface area (Å²) in [4.78, 5) is 19.1. The minimum Gasteiger partial charge on any atom is -0.493 e. The lowest BCUT2D eigenvalue weighted by molar-refractivity contribution is 0.0984. The third-order valence-corrected chi connectivity index (χ3v) is 4.29. The number of methoxy groups -OCH3 is 2. The van der Waals surface area contributed by atoms with E-state index in [0.29, 0.717) is 34.3 Å². The standard InChI is InChI=1S/C21H19ClN2O3/c1-26-19-9-8-16(11-20(19)27-2)21(25)24(14-15-5-4-10-23-13-15)18-7-3-6-17(22)12-18/h3-13H,14H2,1-2H3. The number of benzene rings is 2. The molecule has 6 heteroatoms. The van der Waals surface area contributed by atoms with E-state index < -0.39 is 0 Å². The number of aromatic nitrogens is 1. The van der Waals surface area contributed by atoms with Gasteiger partial charge in [-0.05, 0) is 48.0 Å². The van der Waals surface area contributed by atoms with Crippen LogP contribution >= 0.6 is 11.6 Å². The molecule has 0 fully saturated rings. The molecule has 0 saturated carbocycles. The van der Waals surface area contributed by atoms with Crippen molar-refractivity contribution >= 4 is 23.2 Å².